The molecule has 74 valence electrons. The Kier molecular flexibility index (Phi) is 2.54. The standard InChI is InChI=1S/C10H19N3/c1-7-3-2-4-9(7)10(13-11)12-8-5-6-8/h7-9H,2-6,11H2,1H3,(H,12,13). The largest absolute Gasteiger partial charge is 0.312 e. The van der Waals surface area contributed by atoms with E-state index in [1.165, 1.54) is 32.1 Å². The van der Waals surface area contributed by atoms with E-state index in [1.807, 2.05) is 0 Å². The molecule has 0 aliphatic heterocycles. The van der Waals surface area contributed by atoms with Crippen LogP contribution in [0.2, 0.25) is 0 Å². The van der Waals surface area contributed by atoms with E-state index in [4.69, 9.17) is 5.84 Å². The number of hydrazine groups is 1. The molecule has 2 fully saturated rings. The molecule has 3 nitrogen and oxygen atoms in total. The van der Waals surface area contributed by atoms with Gasteiger partial charge in [-0.05, 0) is 31.6 Å². The van der Waals surface area contributed by atoms with Crippen LogP contribution in [0.3, 0.4) is 0 Å². The van der Waals surface area contributed by atoms with Gasteiger partial charge in [0.25, 0.3) is 0 Å². The zero-order valence-electron chi connectivity index (χ0n) is 8.29. The van der Waals surface area contributed by atoms with Crippen LogP contribution in [0.1, 0.15) is 39.0 Å². The Balaban J connectivity index is 2.01. The first-order valence-electron chi connectivity index (χ1n) is 5.35. The van der Waals surface area contributed by atoms with E-state index >= 15 is 0 Å². The molecule has 2 atom stereocenters. The quantitative estimate of drug-likeness (QED) is 0.293. The number of rotatable bonds is 2. The van der Waals surface area contributed by atoms with Crippen molar-refractivity contribution in [3.63, 3.8) is 0 Å². The van der Waals surface area contributed by atoms with Gasteiger partial charge in [0.05, 0.1) is 6.04 Å². The fourth-order valence-corrected chi connectivity index (χ4v) is 2.19. The van der Waals surface area contributed by atoms with E-state index in [0.717, 1.165) is 11.8 Å². The molecule has 0 aromatic heterocycles. The number of hydrogen-bond donors (Lipinski definition) is 2. The van der Waals surface area contributed by atoms with Crippen molar-refractivity contribution in [3.05, 3.63) is 0 Å². The highest BCUT2D eigenvalue weighted by molar-refractivity contribution is 5.84. The van der Waals surface area contributed by atoms with E-state index in [1.54, 1.807) is 0 Å². The van der Waals surface area contributed by atoms with Gasteiger partial charge in [-0.3, -0.25) is 4.99 Å². The SMILES string of the molecule is CC1CCCC1C(=NC1CC1)NN. The predicted octanol–water partition coefficient (Wildman–Crippen LogP) is 1.45. The van der Waals surface area contributed by atoms with Crippen molar-refractivity contribution in [1.82, 2.24) is 5.43 Å². The number of nitrogens with two attached hydrogens (primary N) is 1. The number of aliphatic imine (C=N–C) groups is 1. The fraction of sp³-hybridized carbons (Fsp3) is 0.900. The van der Waals surface area contributed by atoms with Gasteiger partial charge in [-0.2, -0.15) is 0 Å². The Morgan fingerprint density at radius 2 is 2.08 bits per heavy atom. The maximum atomic E-state index is 5.51. The smallest absolute Gasteiger partial charge is 0.114 e. The summed E-state index contributed by atoms with van der Waals surface area (Å²) in [5, 5.41) is 0. The highest BCUT2D eigenvalue weighted by atomic mass is 15.3. The minimum absolute atomic E-state index is 0.582. The first-order chi connectivity index (χ1) is 6.31. The van der Waals surface area contributed by atoms with Gasteiger partial charge in [0, 0.05) is 5.92 Å². The summed E-state index contributed by atoms with van der Waals surface area (Å²) in [6.07, 6.45) is 6.43. The minimum Gasteiger partial charge on any atom is -0.312 e. The maximum absolute atomic E-state index is 5.51. The summed E-state index contributed by atoms with van der Waals surface area (Å²) in [7, 11) is 0. The van der Waals surface area contributed by atoms with Crippen LogP contribution in [0.5, 0.6) is 0 Å². The van der Waals surface area contributed by atoms with Gasteiger partial charge in [0.1, 0.15) is 5.84 Å². The van der Waals surface area contributed by atoms with E-state index in [0.29, 0.717) is 12.0 Å². The summed E-state index contributed by atoms with van der Waals surface area (Å²) in [4.78, 5) is 4.62. The van der Waals surface area contributed by atoms with Gasteiger partial charge >= 0.3 is 0 Å². The Morgan fingerprint density at radius 1 is 1.31 bits per heavy atom. The lowest BCUT2D eigenvalue weighted by Crippen LogP contribution is -2.37. The molecule has 0 spiro atoms. The summed E-state index contributed by atoms with van der Waals surface area (Å²) < 4.78 is 0. The second-order valence-electron chi connectivity index (χ2n) is 4.40. The third-order valence-electron chi connectivity index (χ3n) is 3.23. The lowest BCUT2D eigenvalue weighted by Gasteiger charge is -2.17. The van der Waals surface area contributed by atoms with Crippen LogP contribution in [0, 0.1) is 11.8 Å². The number of amidine groups is 1. The molecule has 0 aromatic rings. The molecular formula is C10H19N3. The number of nitrogens with zero attached hydrogens (tertiary/aromatic N) is 1. The van der Waals surface area contributed by atoms with Gasteiger partial charge in [0.2, 0.25) is 0 Å². The van der Waals surface area contributed by atoms with Gasteiger partial charge in [-0.1, -0.05) is 13.3 Å². The first-order valence-corrected chi connectivity index (χ1v) is 5.35. The molecule has 2 rings (SSSR count). The van der Waals surface area contributed by atoms with Crippen molar-refractivity contribution in [1.29, 1.82) is 0 Å². The van der Waals surface area contributed by atoms with Crippen LogP contribution in [-0.4, -0.2) is 11.9 Å². The molecule has 2 aliphatic rings. The molecule has 0 heterocycles. The average molecular weight is 181 g/mol. The maximum Gasteiger partial charge on any atom is 0.114 e. The lowest BCUT2D eigenvalue weighted by molar-refractivity contribution is 0.516. The lowest BCUT2D eigenvalue weighted by atomic mass is 9.97. The van der Waals surface area contributed by atoms with E-state index in [-0.39, 0.29) is 0 Å². The Labute approximate surface area is 79.8 Å². The second kappa shape index (κ2) is 3.66. The second-order valence-corrected chi connectivity index (χ2v) is 4.40. The van der Waals surface area contributed by atoms with Crippen LogP contribution in [-0.2, 0) is 0 Å². The van der Waals surface area contributed by atoms with Crippen molar-refractivity contribution in [3.8, 4) is 0 Å². The zero-order chi connectivity index (χ0) is 9.26. The molecule has 0 radical (unpaired) electrons. The molecule has 3 heteroatoms. The first kappa shape index (κ1) is 9.00. The molecule has 2 aliphatic carbocycles. The van der Waals surface area contributed by atoms with Gasteiger partial charge in [0.15, 0.2) is 0 Å². The Morgan fingerprint density at radius 3 is 2.54 bits per heavy atom. The van der Waals surface area contributed by atoms with Gasteiger partial charge in [-0.25, -0.2) is 5.84 Å². The molecule has 3 N–H and O–H groups in total. The van der Waals surface area contributed by atoms with Crippen LogP contribution in [0.25, 0.3) is 0 Å². The summed E-state index contributed by atoms with van der Waals surface area (Å²) >= 11 is 0. The highest BCUT2D eigenvalue weighted by Crippen LogP contribution is 2.33. The van der Waals surface area contributed by atoms with Gasteiger partial charge < -0.3 is 5.43 Å². The fourth-order valence-electron chi connectivity index (χ4n) is 2.19. The Bertz CT molecular complexity index is 208. The van der Waals surface area contributed by atoms with Crippen molar-refractivity contribution < 1.29 is 0 Å². The van der Waals surface area contributed by atoms with E-state index in [9.17, 15) is 0 Å². The number of hydrogen-bond acceptors (Lipinski definition) is 2. The van der Waals surface area contributed by atoms with Crippen LogP contribution >= 0.6 is 0 Å². The molecule has 13 heavy (non-hydrogen) atoms. The van der Waals surface area contributed by atoms with Gasteiger partial charge in [-0.15, -0.1) is 0 Å². The van der Waals surface area contributed by atoms with Crippen molar-refractivity contribution >= 4 is 5.84 Å². The zero-order valence-corrected chi connectivity index (χ0v) is 8.29. The molecule has 2 saturated carbocycles. The Hall–Kier alpha value is -0.570. The van der Waals surface area contributed by atoms with Crippen LogP contribution in [0.4, 0.5) is 0 Å². The molecular weight excluding hydrogens is 162 g/mol. The third kappa shape index (κ3) is 2.02. The number of nitrogens with one attached hydrogen (secondary N) is 1. The topological polar surface area (TPSA) is 50.4 Å². The molecule has 0 saturated heterocycles. The predicted molar refractivity (Wildman–Crippen MR) is 54.3 cm³/mol. The molecule has 0 bridgehead atoms. The minimum atomic E-state index is 0.582. The summed E-state index contributed by atoms with van der Waals surface area (Å²) in [6, 6.07) is 0.582. The molecule has 2 unspecified atom stereocenters. The summed E-state index contributed by atoms with van der Waals surface area (Å²) in [6.45, 7) is 2.30. The van der Waals surface area contributed by atoms with Crippen molar-refractivity contribution in [2.45, 2.75) is 45.1 Å². The van der Waals surface area contributed by atoms with Crippen molar-refractivity contribution in [2.24, 2.45) is 22.7 Å². The normalized spacial score (nSPS) is 35.1. The van der Waals surface area contributed by atoms with E-state index < -0.39 is 0 Å². The summed E-state index contributed by atoms with van der Waals surface area (Å²) in [5.41, 5.74) is 2.80. The monoisotopic (exact) mass is 181 g/mol. The third-order valence-corrected chi connectivity index (χ3v) is 3.23. The van der Waals surface area contributed by atoms with E-state index in [2.05, 4.69) is 17.3 Å². The average Bonchev–Trinajstić information content (AvgIpc) is 2.85. The molecule has 0 amide bonds. The highest BCUT2D eigenvalue weighted by Gasteiger charge is 2.30. The van der Waals surface area contributed by atoms with Crippen molar-refractivity contribution in [2.75, 3.05) is 0 Å². The summed E-state index contributed by atoms with van der Waals surface area (Å²) in [5.74, 6) is 7.93. The van der Waals surface area contributed by atoms with Crippen LogP contribution in [0.15, 0.2) is 4.99 Å². The van der Waals surface area contributed by atoms with Crippen LogP contribution < -0.4 is 11.3 Å². The molecule has 0 aromatic carbocycles.